The van der Waals surface area contributed by atoms with E-state index in [1.54, 1.807) is 6.92 Å². The van der Waals surface area contributed by atoms with Crippen molar-refractivity contribution in [1.29, 1.82) is 0 Å². The molecule has 1 aromatic heterocycles. The van der Waals surface area contributed by atoms with Gasteiger partial charge >= 0.3 is 0 Å². The lowest BCUT2D eigenvalue weighted by molar-refractivity contribution is -0.130. The Morgan fingerprint density at radius 3 is 2.50 bits per heavy atom. The molecule has 3 saturated heterocycles. The van der Waals surface area contributed by atoms with Crippen LogP contribution >= 0.6 is 11.8 Å². The Morgan fingerprint density at radius 1 is 1.09 bits per heavy atom. The normalized spacial score (nSPS) is 23.0. The van der Waals surface area contributed by atoms with Gasteiger partial charge in [0.2, 0.25) is 17.8 Å². The fourth-order valence-electron chi connectivity index (χ4n) is 4.72. The van der Waals surface area contributed by atoms with Crippen LogP contribution in [-0.4, -0.2) is 82.2 Å². The highest BCUT2D eigenvalue weighted by Gasteiger charge is 2.27. The Kier molecular flexibility index (Phi) is 7.93. The van der Waals surface area contributed by atoms with Gasteiger partial charge in [0.25, 0.3) is 0 Å². The van der Waals surface area contributed by atoms with E-state index in [1.807, 2.05) is 4.90 Å². The van der Waals surface area contributed by atoms with E-state index in [9.17, 15) is 9.59 Å². The van der Waals surface area contributed by atoms with Gasteiger partial charge in [-0.3, -0.25) is 14.2 Å². The smallest absolute Gasteiger partial charge is 0.230 e. The predicted octanol–water partition coefficient (Wildman–Crippen LogP) is 1.91. The molecule has 1 N–H and O–H groups in total. The molecule has 1 atom stereocenters. The van der Waals surface area contributed by atoms with Crippen LogP contribution in [0.15, 0.2) is 5.16 Å². The Hall–Kier alpha value is -1.81. The maximum absolute atomic E-state index is 12.6. The maximum atomic E-state index is 12.6. The third-order valence-corrected chi connectivity index (χ3v) is 7.78. The first kappa shape index (κ1) is 23.4. The molecule has 0 spiro atoms. The second-order valence-corrected chi connectivity index (χ2v) is 10.3. The minimum absolute atomic E-state index is 0.0105. The standard InChI is InChI=1S/C22H36N6O3S/c1-16-5-9-27(10-6-16)21-24-25-22(28(21)14-19-4-3-13-31-19)32-15-20(30)23-18-7-11-26(12-8-18)17(2)29/h16,18-19H,3-15H2,1-2H3,(H,23,30). The van der Waals surface area contributed by atoms with Gasteiger partial charge in [0, 0.05) is 45.8 Å². The minimum Gasteiger partial charge on any atom is -0.376 e. The maximum Gasteiger partial charge on any atom is 0.230 e. The van der Waals surface area contributed by atoms with Gasteiger partial charge in [-0.2, -0.15) is 0 Å². The van der Waals surface area contributed by atoms with Crippen LogP contribution in [0.1, 0.15) is 52.4 Å². The summed E-state index contributed by atoms with van der Waals surface area (Å²) in [5.41, 5.74) is 0. The van der Waals surface area contributed by atoms with Crippen LogP contribution in [0.25, 0.3) is 0 Å². The SMILES string of the molecule is CC(=O)N1CCC(NC(=O)CSc2nnc(N3CCC(C)CC3)n2CC2CCCO2)CC1. The van der Waals surface area contributed by atoms with Gasteiger partial charge in [-0.05, 0) is 44.4 Å². The number of anilines is 1. The largest absolute Gasteiger partial charge is 0.376 e. The van der Waals surface area contributed by atoms with Crippen molar-refractivity contribution in [3.8, 4) is 0 Å². The number of carbonyl (C=O) groups is 2. The summed E-state index contributed by atoms with van der Waals surface area (Å²) in [6, 6.07) is 0.134. The fraction of sp³-hybridized carbons (Fsp3) is 0.818. The van der Waals surface area contributed by atoms with Crippen LogP contribution in [0.3, 0.4) is 0 Å². The molecule has 9 nitrogen and oxygen atoms in total. The van der Waals surface area contributed by atoms with Crippen molar-refractivity contribution in [1.82, 2.24) is 25.0 Å². The van der Waals surface area contributed by atoms with Crippen molar-refractivity contribution in [3.05, 3.63) is 0 Å². The summed E-state index contributed by atoms with van der Waals surface area (Å²) in [6.07, 6.45) is 6.29. The van der Waals surface area contributed by atoms with E-state index in [0.717, 1.165) is 68.9 Å². The molecule has 178 valence electrons. The number of piperidine rings is 2. The van der Waals surface area contributed by atoms with Crippen molar-refractivity contribution in [3.63, 3.8) is 0 Å². The summed E-state index contributed by atoms with van der Waals surface area (Å²) in [4.78, 5) is 28.2. The molecule has 2 amide bonds. The lowest BCUT2D eigenvalue weighted by Gasteiger charge is -2.31. The number of rotatable bonds is 7. The van der Waals surface area contributed by atoms with E-state index in [1.165, 1.54) is 24.6 Å². The average Bonchev–Trinajstić information content (AvgIpc) is 3.44. The van der Waals surface area contributed by atoms with Crippen molar-refractivity contribution in [2.24, 2.45) is 5.92 Å². The Labute approximate surface area is 194 Å². The number of nitrogens with one attached hydrogen (secondary N) is 1. The number of amides is 2. The number of aromatic nitrogens is 3. The van der Waals surface area contributed by atoms with E-state index in [4.69, 9.17) is 4.74 Å². The lowest BCUT2D eigenvalue weighted by Crippen LogP contribution is -2.46. The Balaban J connectivity index is 1.35. The van der Waals surface area contributed by atoms with Gasteiger partial charge in [-0.1, -0.05) is 18.7 Å². The van der Waals surface area contributed by atoms with Crippen LogP contribution in [0.2, 0.25) is 0 Å². The van der Waals surface area contributed by atoms with E-state index >= 15 is 0 Å². The average molecular weight is 465 g/mol. The molecule has 0 saturated carbocycles. The zero-order chi connectivity index (χ0) is 22.5. The van der Waals surface area contributed by atoms with E-state index < -0.39 is 0 Å². The van der Waals surface area contributed by atoms with E-state index in [0.29, 0.717) is 18.8 Å². The monoisotopic (exact) mass is 464 g/mol. The highest BCUT2D eigenvalue weighted by molar-refractivity contribution is 7.99. The molecule has 0 radical (unpaired) electrons. The van der Waals surface area contributed by atoms with Crippen LogP contribution < -0.4 is 10.2 Å². The number of thioether (sulfide) groups is 1. The minimum atomic E-state index is 0.0105. The van der Waals surface area contributed by atoms with Crippen LogP contribution in [0.4, 0.5) is 5.95 Å². The van der Waals surface area contributed by atoms with Gasteiger partial charge in [0.05, 0.1) is 18.4 Å². The van der Waals surface area contributed by atoms with Crippen LogP contribution in [0, 0.1) is 5.92 Å². The summed E-state index contributed by atoms with van der Waals surface area (Å²) in [7, 11) is 0. The number of carbonyl (C=O) groups excluding carboxylic acids is 2. The van der Waals surface area contributed by atoms with E-state index in [-0.39, 0.29) is 24.0 Å². The van der Waals surface area contributed by atoms with Crippen LogP contribution in [-0.2, 0) is 20.9 Å². The summed E-state index contributed by atoms with van der Waals surface area (Å²) in [5.74, 6) is 2.09. The molecule has 1 aromatic rings. The van der Waals surface area contributed by atoms with Crippen molar-refractivity contribution in [2.45, 2.75) is 76.2 Å². The molecule has 3 fully saturated rings. The molecule has 4 heterocycles. The highest BCUT2D eigenvalue weighted by Crippen LogP contribution is 2.28. The van der Waals surface area contributed by atoms with Crippen LogP contribution in [0.5, 0.6) is 0 Å². The topological polar surface area (TPSA) is 92.6 Å². The summed E-state index contributed by atoms with van der Waals surface area (Å²) < 4.78 is 8.04. The molecule has 1 unspecified atom stereocenters. The molecule has 32 heavy (non-hydrogen) atoms. The van der Waals surface area contributed by atoms with Gasteiger partial charge in [0.1, 0.15) is 0 Å². The second kappa shape index (κ2) is 10.9. The van der Waals surface area contributed by atoms with E-state index in [2.05, 4.69) is 31.9 Å². The zero-order valence-corrected chi connectivity index (χ0v) is 20.1. The quantitative estimate of drug-likeness (QED) is 0.616. The molecular weight excluding hydrogens is 428 g/mol. The Morgan fingerprint density at radius 2 is 1.84 bits per heavy atom. The molecular formula is C22H36N6O3S. The third kappa shape index (κ3) is 5.95. The molecule has 0 aliphatic carbocycles. The van der Waals surface area contributed by atoms with Crippen molar-refractivity contribution in [2.75, 3.05) is 43.4 Å². The molecule has 3 aliphatic heterocycles. The summed E-state index contributed by atoms with van der Waals surface area (Å²) in [5, 5.41) is 12.9. The molecule has 0 aromatic carbocycles. The molecule has 4 rings (SSSR count). The molecule has 3 aliphatic rings. The fourth-order valence-corrected chi connectivity index (χ4v) is 5.47. The van der Waals surface area contributed by atoms with Gasteiger partial charge in [-0.15, -0.1) is 10.2 Å². The Bertz CT molecular complexity index is 781. The summed E-state index contributed by atoms with van der Waals surface area (Å²) >= 11 is 1.45. The van der Waals surface area contributed by atoms with Crippen molar-refractivity contribution < 1.29 is 14.3 Å². The van der Waals surface area contributed by atoms with Gasteiger partial charge in [-0.25, -0.2) is 0 Å². The molecule has 10 heteroatoms. The zero-order valence-electron chi connectivity index (χ0n) is 19.3. The number of hydrogen-bond acceptors (Lipinski definition) is 7. The van der Waals surface area contributed by atoms with Gasteiger partial charge < -0.3 is 19.9 Å². The first-order valence-electron chi connectivity index (χ1n) is 12.0. The van der Waals surface area contributed by atoms with Gasteiger partial charge in [0.15, 0.2) is 5.16 Å². The first-order chi connectivity index (χ1) is 15.5. The number of hydrogen-bond donors (Lipinski definition) is 1. The number of ether oxygens (including phenoxy) is 1. The number of likely N-dealkylation sites (tertiary alicyclic amines) is 1. The highest BCUT2D eigenvalue weighted by atomic mass is 32.2. The first-order valence-corrected chi connectivity index (χ1v) is 13.0. The van der Waals surface area contributed by atoms with Crippen molar-refractivity contribution >= 4 is 29.5 Å². The summed E-state index contributed by atoms with van der Waals surface area (Å²) in [6.45, 7) is 8.86. The lowest BCUT2D eigenvalue weighted by atomic mass is 10.00. The third-order valence-electron chi connectivity index (χ3n) is 6.81. The molecule has 0 bridgehead atoms. The second-order valence-electron chi connectivity index (χ2n) is 9.33. The number of nitrogens with zero attached hydrogens (tertiary/aromatic N) is 5. The predicted molar refractivity (Wildman–Crippen MR) is 124 cm³/mol.